The highest BCUT2D eigenvalue weighted by molar-refractivity contribution is 5.76. The second kappa shape index (κ2) is 10.4. The van der Waals surface area contributed by atoms with E-state index in [1.165, 1.54) is 29.7 Å². The summed E-state index contributed by atoms with van der Waals surface area (Å²) in [5.74, 6) is 0.567. The summed E-state index contributed by atoms with van der Waals surface area (Å²) in [6.07, 6.45) is 3.50. The van der Waals surface area contributed by atoms with Gasteiger partial charge in [0.25, 0.3) is 0 Å². The predicted molar refractivity (Wildman–Crippen MR) is 121 cm³/mol. The summed E-state index contributed by atoms with van der Waals surface area (Å²) >= 11 is 0. The summed E-state index contributed by atoms with van der Waals surface area (Å²) in [7, 11) is 0. The molecular formula is C21H25F3N8O. The van der Waals surface area contributed by atoms with Crippen LogP contribution in [0.25, 0.3) is 5.70 Å². The van der Waals surface area contributed by atoms with Gasteiger partial charge in [0.2, 0.25) is 0 Å². The molecule has 3 heterocycles. The summed E-state index contributed by atoms with van der Waals surface area (Å²) in [6, 6.07) is 1.68. The second-order valence-electron chi connectivity index (χ2n) is 7.61. The van der Waals surface area contributed by atoms with Gasteiger partial charge < -0.3 is 26.0 Å². The number of alkyl halides is 3. The van der Waals surface area contributed by atoms with Crippen LogP contribution in [-0.4, -0.2) is 71.5 Å². The minimum Gasteiger partial charge on any atom is -0.404 e. The van der Waals surface area contributed by atoms with E-state index < -0.39 is 11.9 Å². The predicted octanol–water partition coefficient (Wildman–Crippen LogP) is 2.19. The molecule has 2 unspecified atom stereocenters. The Labute approximate surface area is 189 Å². The van der Waals surface area contributed by atoms with E-state index in [0.29, 0.717) is 30.9 Å². The van der Waals surface area contributed by atoms with Gasteiger partial charge in [-0.15, -0.1) is 0 Å². The molecule has 1 aromatic rings. The highest BCUT2D eigenvalue weighted by Crippen LogP contribution is 2.32. The van der Waals surface area contributed by atoms with E-state index >= 15 is 0 Å². The lowest BCUT2D eigenvalue weighted by atomic mass is 9.85. The lowest BCUT2D eigenvalue weighted by molar-refractivity contribution is -0.0934. The van der Waals surface area contributed by atoms with Crippen LogP contribution in [0.2, 0.25) is 0 Å². The number of hydrogen-bond donors (Lipinski definition) is 3. The van der Waals surface area contributed by atoms with E-state index in [0.717, 1.165) is 12.4 Å². The van der Waals surface area contributed by atoms with Gasteiger partial charge in [0, 0.05) is 56.4 Å². The molecule has 2 aliphatic heterocycles. The SMILES string of the molecule is C=N/C=C(/c1nccc(N2CC(CO)CC(/C(C=N)=C/N)C2)n1)N1C=C(C(F)(F)F)N=CC1. The molecule has 12 heteroatoms. The Morgan fingerprint density at radius 1 is 1.39 bits per heavy atom. The van der Waals surface area contributed by atoms with Crippen LogP contribution < -0.4 is 10.6 Å². The Balaban J connectivity index is 1.93. The van der Waals surface area contributed by atoms with Crippen molar-refractivity contribution in [3.8, 4) is 0 Å². The number of allylic oxidation sites excluding steroid dienone is 1. The molecule has 0 spiro atoms. The Morgan fingerprint density at radius 2 is 2.18 bits per heavy atom. The lowest BCUT2D eigenvalue weighted by Gasteiger charge is -2.38. The van der Waals surface area contributed by atoms with Gasteiger partial charge in [0.15, 0.2) is 11.5 Å². The molecule has 0 radical (unpaired) electrons. The third kappa shape index (κ3) is 5.64. The number of aromatic nitrogens is 2. The first-order chi connectivity index (χ1) is 15.8. The minimum atomic E-state index is -4.60. The molecule has 1 aromatic heterocycles. The smallest absolute Gasteiger partial charge is 0.404 e. The fourth-order valence-corrected chi connectivity index (χ4v) is 3.84. The average Bonchev–Trinajstić information content (AvgIpc) is 2.82. The second-order valence-corrected chi connectivity index (χ2v) is 7.61. The van der Waals surface area contributed by atoms with Gasteiger partial charge in [-0.2, -0.15) is 13.2 Å². The van der Waals surface area contributed by atoms with E-state index in [2.05, 4.69) is 26.7 Å². The van der Waals surface area contributed by atoms with Crippen molar-refractivity contribution in [3.63, 3.8) is 0 Å². The molecule has 4 N–H and O–H groups in total. The number of halogens is 3. The van der Waals surface area contributed by atoms with E-state index in [1.54, 1.807) is 6.07 Å². The monoisotopic (exact) mass is 462 g/mol. The van der Waals surface area contributed by atoms with Gasteiger partial charge in [0.1, 0.15) is 11.5 Å². The van der Waals surface area contributed by atoms with Crippen LogP contribution in [-0.2, 0) is 0 Å². The maximum Gasteiger partial charge on any atom is 0.434 e. The summed E-state index contributed by atoms with van der Waals surface area (Å²) in [6.45, 7) is 4.48. The molecule has 2 aliphatic rings. The van der Waals surface area contributed by atoms with Crippen LogP contribution in [0.1, 0.15) is 12.2 Å². The molecule has 9 nitrogen and oxygen atoms in total. The van der Waals surface area contributed by atoms with Gasteiger partial charge in [-0.3, -0.25) is 9.98 Å². The topological polar surface area (TPSA) is 127 Å². The standard InChI is InChI=1S/C21H25F3N8O/c1-27-9-17(31-5-4-28-18(12-31)21(22,23)24)20-29-3-2-19(30-20)32-10-14(13-33)6-15(11-32)16(7-25)8-26/h2-4,7-9,12,14-15,25,33H,1,5-6,10-11,13,26H2/b16-8+,17-9-,25-7?. The number of nitrogens with zero attached hydrogens (tertiary/aromatic N) is 6. The number of nitrogens with one attached hydrogen (secondary N) is 1. The van der Waals surface area contributed by atoms with Crippen LogP contribution in [0.4, 0.5) is 19.0 Å². The van der Waals surface area contributed by atoms with Crippen molar-refractivity contribution in [2.24, 2.45) is 27.6 Å². The van der Waals surface area contributed by atoms with Crippen molar-refractivity contribution in [1.29, 1.82) is 5.41 Å². The summed E-state index contributed by atoms with van der Waals surface area (Å²) < 4.78 is 39.5. The van der Waals surface area contributed by atoms with E-state index in [-0.39, 0.29) is 36.5 Å². The normalized spacial score (nSPS) is 22.2. The van der Waals surface area contributed by atoms with Gasteiger partial charge in [-0.05, 0) is 31.0 Å². The molecule has 0 aromatic carbocycles. The Bertz CT molecular complexity index is 1000. The van der Waals surface area contributed by atoms with Gasteiger partial charge >= 0.3 is 6.18 Å². The minimum absolute atomic E-state index is 0.0372. The fourth-order valence-electron chi connectivity index (χ4n) is 3.84. The third-order valence-corrected chi connectivity index (χ3v) is 5.42. The van der Waals surface area contributed by atoms with Gasteiger partial charge in [-0.25, -0.2) is 9.97 Å². The number of anilines is 1. The van der Waals surface area contributed by atoms with Crippen molar-refractivity contribution in [3.05, 3.63) is 48.0 Å². The maximum absolute atomic E-state index is 13.2. The maximum atomic E-state index is 13.2. The Hall–Kier alpha value is -3.54. The number of piperidine rings is 1. The summed E-state index contributed by atoms with van der Waals surface area (Å²) in [5, 5.41) is 17.4. The highest BCUT2D eigenvalue weighted by Gasteiger charge is 2.36. The number of nitrogens with two attached hydrogens (primary N) is 1. The molecule has 0 bridgehead atoms. The molecule has 176 valence electrons. The van der Waals surface area contributed by atoms with E-state index in [1.807, 2.05) is 4.90 Å². The first kappa shape index (κ1) is 24.1. The van der Waals surface area contributed by atoms with E-state index in [4.69, 9.17) is 11.1 Å². The van der Waals surface area contributed by atoms with Crippen molar-refractivity contribution >= 4 is 30.7 Å². The van der Waals surface area contributed by atoms with Crippen molar-refractivity contribution in [1.82, 2.24) is 14.9 Å². The molecule has 1 saturated heterocycles. The van der Waals surface area contributed by atoms with Crippen LogP contribution in [0.15, 0.2) is 52.1 Å². The highest BCUT2D eigenvalue weighted by atomic mass is 19.4. The zero-order valence-corrected chi connectivity index (χ0v) is 17.8. The third-order valence-electron chi connectivity index (χ3n) is 5.42. The molecular weight excluding hydrogens is 437 g/mol. The van der Waals surface area contributed by atoms with E-state index in [9.17, 15) is 18.3 Å². The van der Waals surface area contributed by atoms with Crippen molar-refractivity contribution in [2.45, 2.75) is 12.6 Å². The average molecular weight is 462 g/mol. The first-order valence-corrected chi connectivity index (χ1v) is 10.2. The van der Waals surface area contributed by atoms with Crippen molar-refractivity contribution < 1.29 is 18.3 Å². The molecule has 1 fully saturated rings. The Morgan fingerprint density at radius 3 is 2.82 bits per heavy atom. The Kier molecular flexibility index (Phi) is 7.59. The van der Waals surface area contributed by atoms with Crippen LogP contribution >= 0.6 is 0 Å². The zero-order valence-electron chi connectivity index (χ0n) is 17.8. The molecule has 0 amide bonds. The molecule has 0 aliphatic carbocycles. The first-order valence-electron chi connectivity index (χ1n) is 10.2. The molecule has 0 saturated carbocycles. The van der Waals surface area contributed by atoms with Crippen LogP contribution in [0.3, 0.4) is 0 Å². The quantitative estimate of drug-likeness (QED) is 0.533. The van der Waals surface area contributed by atoms with Crippen LogP contribution in [0, 0.1) is 17.2 Å². The summed E-state index contributed by atoms with van der Waals surface area (Å²) in [4.78, 5) is 19.2. The summed E-state index contributed by atoms with van der Waals surface area (Å²) in [5.41, 5.74) is 5.50. The molecule has 2 atom stereocenters. The van der Waals surface area contributed by atoms with Crippen molar-refractivity contribution in [2.75, 3.05) is 31.1 Å². The largest absolute Gasteiger partial charge is 0.434 e. The number of aliphatic hydroxyl groups excluding tert-OH is 1. The zero-order chi connectivity index (χ0) is 24.0. The number of aliphatic hydroxyl groups is 1. The molecule has 3 rings (SSSR count). The number of rotatable bonds is 7. The lowest BCUT2D eigenvalue weighted by Crippen LogP contribution is -2.43. The fraction of sp³-hybridized carbons (Fsp3) is 0.381. The van der Waals surface area contributed by atoms with Gasteiger partial charge in [0.05, 0.1) is 12.7 Å². The number of aliphatic imine (C=N–C) groups is 2. The number of hydrogen-bond acceptors (Lipinski definition) is 9. The molecule has 33 heavy (non-hydrogen) atoms. The van der Waals surface area contributed by atoms with Gasteiger partial charge in [-0.1, -0.05) is 0 Å². The van der Waals surface area contributed by atoms with Crippen LogP contribution in [0.5, 0.6) is 0 Å².